The fourth-order valence-corrected chi connectivity index (χ4v) is 2.43. The number of carbonyl (C=O) groups is 2. The maximum Gasteiger partial charge on any atom is 0.328 e. The molecular formula is C10H18N2O3S. The molecule has 1 fully saturated rings. The predicted octanol–water partition coefficient (Wildman–Crippen LogP) is 0.997. The summed E-state index contributed by atoms with van der Waals surface area (Å²) in [5, 5.41) is 11.5. The molecule has 0 spiro atoms. The number of nitrogens with one attached hydrogen (secondary N) is 1. The second-order valence-corrected chi connectivity index (χ2v) is 5.63. The Morgan fingerprint density at radius 1 is 1.50 bits per heavy atom. The summed E-state index contributed by atoms with van der Waals surface area (Å²) in [6, 6.07) is -0.136. The fraction of sp³-hybridized carbons (Fsp3) is 0.800. The highest BCUT2D eigenvalue weighted by Gasteiger charge is 2.32. The van der Waals surface area contributed by atoms with Crippen LogP contribution in [-0.2, 0) is 4.79 Å². The Bertz CT molecular complexity index is 294. The molecule has 6 heteroatoms. The van der Waals surface area contributed by atoms with Crippen molar-refractivity contribution in [3.05, 3.63) is 0 Å². The molecule has 2 N–H and O–H groups in total. The molecule has 92 valence electrons. The maximum absolute atomic E-state index is 11.9. The van der Waals surface area contributed by atoms with Crippen LogP contribution in [-0.4, -0.2) is 51.6 Å². The van der Waals surface area contributed by atoms with Gasteiger partial charge in [0, 0.05) is 24.1 Å². The van der Waals surface area contributed by atoms with Crippen molar-refractivity contribution in [2.24, 2.45) is 0 Å². The van der Waals surface area contributed by atoms with E-state index < -0.39 is 11.5 Å². The van der Waals surface area contributed by atoms with Gasteiger partial charge in [-0.1, -0.05) is 0 Å². The van der Waals surface area contributed by atoms with Gasteiger partial charge in [0.1, 0.15) is 5.54 Å². The number of carboxylic acids is 1. The first kappa shape index (κ1) is 13.2. The fourth-order valence-electron chi connectivity index (χ4n) is 1.42. The number of amides is 2. The van der Waals surface area contributed by atoms with Gasteiger partial charge in [-0.2, -0.15) is 11.8 Å². The first-order valence-corrected chi connectivity index (χ1v) is 6.40. The van der Waals surface area contributed by atoms with Gasteiger partial charge in [0.25, 0.3) is 0 Å². The van der Waals surface area contributed by atoms with E-state index in [1.165, 1.54) is 13.8 Å². The lowest BCUT2D eigenvalue weighted by atomic mass is 10.1. The Hall–Kier alpha value is -0.910. The summed E-state index contributed by atoms with van der Waals surface area (Å²) < 4.78 is 0. The molecule has 1 aliphatic rings. The zero-order valence-electron chi connectivity index (χ0n) is 9.82. The van der Waals surface area contributed by atoms with E-state index in [9.17, 15) is 9.59 Å². The predicted molar refractivity (Wildman–Crippen MR) is 63.7 cm³/mol. The first-order chi connectivity index (χ1) is 7.34. The average Bonchev–Trinajstić information content (AvgIpc) is 2.17. The van der Waals surface area contributed by atoms with Crippen molar-refractivity contribution in [2.75, 3.05) is 18.1 Å². The minimum atomic E-state index is -1.22. The number of rotatable bonds is 2. The number of aliphatic carboxylic acids is 1. The molecule has 1 unspecified atom stereocenters. The maximum atomic E-state index is 11.9. The summed E-state index contributed by atoms with van der Waals surface area (Å²) in [6.07, 6.45) is 0. The molecule has 0 saturated carbocycles. The molecule has 0 radical (unpaired) electrons. The third-order valence-corrected chi connectivity index (χ3v) is 3.77. The summed E-state index contributed by atoms with van der Waals surface area (Å²) in [7, 11) is 0. The summed E-state index contributed by atoms with van der Waals surface area (Å²) in [5.74, 6) is 0.784. The number of urea groups is 1. The minimum Gasteiger partial charge on any atom is -0.480 e. The van der Waals surface area contributed by atoms with Crippen molar-refractivity contribution in [1.29, 1.82) is 0 Å². The summed E-state index contributed by atoms with van der Waals surface area (Å²) in [5.41, 5.74) is -1.22. The van der Waals surface area contributed by atoms with Crippen molar-refractivity contribution >= 4 is 23.8 Å². The molecule has 5 nitrogen and oxygen atoms in total. The highest BCUT2D eigenvalue weighted by atomic mass is 32.2. The van der Waals surface area contributed by atoms with E-state index in [4.69, 9.17) is 5.11 Å². The van der Waals surface area contributed by atoms with Gasteiger partial charge in [-0.05, 0) is 20.8 Å². The van der Waals surface area contributed by atoms with Crippen LogP contribution in [0, 0.1) is 0 Å². The Kier molecular flexibility index (Phi) is 4.07. The zero-order chi connectivity index (χ0) is 12.3. The number of hydrogen-bond donors (Lipinski definition) is 2. The molecule has 16 heavy (non-hydrogen) atoms. The van der Waals surface area contributed by atoms with Gasteiger partial charge < -0.3 is 15.3 Å². The molecule has 0 bridgehead atoms. The second kappa shape index (κ2) is 4.95. The Morgan fingerprint density at radius 3 is 2.62 bits per heavy atom. The van der Waals surface area contributed by atoms with Crippen LogP contribution in [0.1, 0.15) is 20.8 Å². The van der Waals surface area contributed by atoms with E-state index in [-0.39, 0.29) is 12.1 Å². The molecule has 1 aliphatic heterocycles. The van der Waals surface area contributed by atoms with Crippen molar-refractivity contribution in [1.82, 2.24) is 10.2 Å². The average molecular weight is 246 g/mol. The van der Waals surface area contributed by atoms with Crippen LogP contribution in [0.5, 0.6) is 0 Å². The van der Waals surface area contributed by atoms with Gasteiger partial charge in [0.2, 0.25) is 0 Å². The van der Waals surface area contributed by atoms with Gasteiger partial charge in [0.05, 0.1) is 0 Å². The number of thioether (sulfide) groups is 1. The van der Waals surface area contributed by atoms with Crippen molar-refractivity contribution < 1.29 is 14.7 Å². The number of carboxylic acid groups (broad SMARTS) is 1. The minimum absolute atomic E-state index is 0.156. The Labute approximate surface area is 99.6 Å². The topological polar surface area (TPSA) is 69.6 Å². The monoisotopic (exact) mass is 246 g/mol. The highest BCUT2D eigenvalue weighted by molar-refractivity contribution is 7.99. The molecule has 1 rings (SSSR count). The largest absolute Gasteiger partial charge is 0.480 e. The van der Waals surface area contributed by atoms with Crippen LogP contribution >= 0.6 is 11.8 Å². The van der Waals surface area contributed by atoms with E-state index in [1.807, 2.05) is 18.7 Å². The van der Waals surface area contributed by atoms with Gasteiger partial charge in [-0.3, -0.25) is 0 Å². The van der Waals surface area contributed by atoms with Crippen LogP contribution in [0.15, 0.2) is 0 Å². The highest BCUT2D eigenvalue weighted by Crippen LogP contribution is 2.16. The molecule has 1 heterocycles. The summed E-state index contributed by atoms with van der Waals surface area (Å²) in [4.78, 5) is 24.4. The molecule has 0 aromatic heterocycles. The van der Waals surface area contributed by atoms with Crippen LogP contribution < -0.4 is 5.32 Å². The zero-order valence-corrected chi connectivity index (χ0v) is 10.6. The van der Waals surface area contributed by atoms with E-state index in [0.29, 0.717) is 6.54 Å². The van der Waals surface area contributed by atoms with Crippen molar-refractivity contribution in [3.8, 4) is 0 Å². The third kappa shape index (κ3) is 3.04. The van der Waals surface area contributed by atoms with Gasteiger partial charge in [-0.15, -0.1) is 0 Å². The molecule has 0 aliphatic carbocycles. The summed E-state index contributed by atoms with van der Waals surface area (Å²) >= 11 is 1.81. The van der Waals surface area contributed by atoms with Gasteiger partial charge >= 0.3 is 12.0 Å². The molecule has 1 saturated heterocycles. The van der Waals surface area contributed by atoms with E-state index >= 15 is 0 Å². The standard InChI is InChI=1S/C10H18N2O3S/c1-7-6-16-5-4-12(7)9(15)11-10(2,3)8(13)14/h7H,4-6H2,1-3H3,(H,11,15)(H,13,14). The third-order valence-electron chi connectivity index (χ3n) is 2.58. The second-order valence-electron chi connectivity index (χ2n) is 4.48. The van der Waals surface area contributed by atoms with Crippen molar-refractivity contribution in [2.45, 2.75) is 32.4 Å². The van der Waals surface area contributed by atoms with E-state index in [2.05, 4.69) is 5.32 Å². The first-order valence-electron chi connectivity index (χ1n) is 5.24. The Balaban J connectivity index is 2.61. The SMILES string of the molecule is CC1CSCCN1C(=O)NC(C)(C)C(=O)O. The molecular weight excluding hydrogens is 228 g/mol. The Morgan fingerprint density at radius 2 is 2.12 bits per heavy atom. The van der Waals surface area contributed by atoms with Crippen LogP contribution in [0.4, 0.5) is 4.79 Å². The molecule has 2 amide bonds. The van der Waals surface area contributed by atoms with Crippen LogP contribution in [0.25, 0.3) is 0 Å². The van der Waals surface area contributed by atoms with Crippen LogP contribution in [0.3, 0.4) is 0 Å². The number of carbonyl (C=O) groups excluding carboxylic acids is 1. The quantitative estimate of drug-likeness (QED) is 0.762. The lowest BCUT2D eigenvalue weighted by Crippen LogP contribution is -2.57. The summed E-state index contributed by atoms with van der Waals surface area (Å²) in [6.45, 7) is 5.61. The number of nitrogens with zero attached hydrogens (tertiary/aromatic N) is 1. The molecule has 0 aromatic rings. The van der Waals surface area contributed by atoms with Gasteiger partial charge in [-0.25, -0.2) is 9.59 Å². The number of hydrogen-bond acceptors (Lipinski definition) is 3. The van der Waals surface area contributed by atoms with E-state index in [0.717, 1.165) is 11.5 Å². The van der Waals surface area contributed by atoms with Crippen LogP contribution in [0.2, 0.25) is 0 Å². The molecule has 1 atom stereocenters. The smallest absolute Gasteiger partial charge is 0.328 e. The van der Waals surface area contributed by atoms with Gasteiger partial charge in [0.15, 0.2) is 0 Å². The van der Waals surface area contributed by atoms with Crippen molar-refractivity contribution in [3.63, 3.8) is 0 Å². The lowest BCUT2D eigenvalue weighted by Gasteiger charge is -2.35. The normalized spacial score (nSPS) is 21.7. The molecule has 0 aromatic carbocycles. The lowest BCUT2D eigenvalue weighted by molar-refractivity contribution is -0.143. The van der Waals surface area contributed by atoms with E-state index in [1.54, 1.807) is 4.90 Å².